The van der Waals surface area contributed by atoms with E-state index in [-0.39, 0.29) is 5.82 Å². The molecule has 2 aromatic carbocycles. The Morgan fingerprint density at radius 2 is 1.97 bits per heavy atom. The van der Waals surface area contributed by atoms with Gasteiger partial charge in [0.1, 0.15) is 5.82 Å². The Bertz CT molecular complexity index is 996. The molecule has 0 radical (unpaired) electrons. The Morgan fingerprint density at radius 3 is 2.74 bits per heavy atom. The smallest absolute Gasteiger partial charge is 0.170 e. The normalized spacial score (nSPS) is 15.5. The van der Waals surface area contributed by atoms with Crippen molar-refractivity contribution in [1.82, 2.24) is 10.1 Å². The predicted molar refractivity (Wildman–Crippen MR) is 119 cm³/mol. The Morgan fingerprint density at radius 1 is 1.13 bits per heavy atom. The molecule has 0 atom stereocenters. The summed E-state index contributed by atoms with van der Waals surface area (Å²) in [5.41, 5.74) is 2.78. The number of benzene rings is 2. The van der Waals surface area contributed by atoms with Crippen LogP contribution in [0.1, 0.15) is 49.8 Å². The number of hydrogen-bond donors (Lipinski definition) is 0. The van der Waals surface area contributed by atoms with Crippen LogP contribution >= 0.6 is 0 Å². The van der Waals surface area contributed by atoms with Crippen LogP contribution in [0, 0.1) is 5.82 Å². The third kappa shape index (κ3) is 5.18. The van der Waals surface area contributed by atoms with E-state index in [0.29, 0.717) is 18.1 Å². The van der Waals surface area contributed by atoms with Gasteiger partial charge in [-0.15, -0.1) is 0 Å². The Hall–Kier alpha value is -2.60. The third-order valence-electron chi connectivity index (χ3n) is 6.08. The highest BCUT2D eigenvalue weighted by atomic mass is 19.1. The molecule has 0 unspecified atom stereocenters. The SMILES string of the molecule is CCCc1ccc(OCCCN2CCC(c3noc4cc(F)ccc34)CC2)c(OC)c1. The van der Waals surface area contributed by atoms with Crippen LogP contribution in [0.2, 0.25) is 0 Å². The number of methoxy groups -OCH3 is 1. The maximum absolute atomic E-state index is 13.4. The molecule has 0 N–H and O–H groups in total. The number of likely N-dealkylation sites (tertiary alicyclic amines) is 1. The second kappa shape index (κ2) is 10.1. The Labute approximate surface area is 183 Å². The summed E-state index contributed by atoms with van der Waals surface area (Å²) in [4.78, 5) is 2.48. The molecule has 0 saturated carbocycles. The van der Waals surface area contributed by atoms with Crippen molar-refractivity contribution in [2.45, 2.75) is 44.9 Å². The van der Waals surface area contributed by atoms with Crippen LogP contribution in [-0.2, 0) is 6.42 Å². The van der Waals surface area contributed by atoms with Gasteiger partial charge in [-0.25, -0.2) is 4.39 Å². The van der Waals surface area contributed by atoms with Gasteiger partial charge in [-0.05, 0) is 68.6 Å². The molecule has 1 aromatic heterocycles. The molecule has 0 spiro atoms. The molecule has 1 aliphatic heterocycles. The Kier molecular flexibility index (Phi) is 7.07. The van der Waals surface area contributed by atoms with E-state index in [1.165, 1.54) is 17.7 Å². The van der Waals surface area contributed by atoms with Crippen molar-refractivity contribution < 1.29 is 18.4 Å². The van der Waals surface area contributed by atoms with Gasteiger partial charge in [0.15, 0.2) is 17.1 Å². The van der Waals surface area contributed by atoms with E-state index in [2.05, 4.69) is 29.1 Å². The van der Waals surface area contributed by atoms with Gasteiger partial charge in [-0.2, -0.15) is 0 Å². The van der Waals surface area contributed by atoms with Crippen molar-refractivity contribution in [1.29, 1.82) is 0 Å². The van der Waals surface area contributed by atoms with Crippen molar-refractivity contribution in [3.05, 3.63) is 53.5 Å². The first-order valence-electron chi connectivity index (χ1n) is 11.2. The number of rotatable bonds is 9. The summed E-state index contributed by atoms with van der Waals surface area (Å²) >= 11 is 0. The topological polar surface area (TPSA) is 47.7 Å². The van der Waals surface area contributed by atoms with Crippen LogP contribution in [0.5, 0.6) is 11.5 Å². The molecule has 1 saturated heterocycles. The van der Waals surface area contributed by atoms with Gasteiger partial charge in [-0.1, -0.05) is 24.6 Å². The van der Waals surface area contributed by atoms with E-state index < -0.39 is 0 Å². The highest BCUT2D eigenvalue weighted by Crippen LogP contribution is 2.33. The average Bonchev–Trinajstić information content (AvgIpc) is 3.21. The molecule has 31 heavy (non-hydrogen) atoms. The van der Waals surface area contributed by atoms with Crippen LogP contribution < -0.4 is 9.47 Å². The van der Waals surface area contributed by atoms with Crippen molar-refractivity contribution in [2.75, 3.05) is 33.4 Å². The number of piperidine rings is 1. The van der Waals surface area contributed by atoms with Crippen LogP contribution in [0.4, 0.5) is 4.39 Å². The minimum Gasteiger partial charge on any atom is -0.493 e. The molecular weight excluding hydrogens is 395 g/mol. The summed E-state index contributed by atoms with van der Waals surface area (Å²) in [5, 5.41) is 5.17. The third-order valence-corrected chi connectivity index (χ3v) is 6.08. The zero-order valence-corrected chi connectivity index (χ0v) is 18.4. The molecule has 1 fully saturated rings. The fourth-order valence-corrected chi connectivity index (χ4v) is 4.40. The molecule has 0 bridgehead atoms. The quantitative estimate of drug-likeness (QED) is 0.418. The number of aromatic nitrogens is 1. The highest BCUT2D eigenvalue weighted by molar-refractivity contribution is 5.79. The molecule has 166 valence electrons. The lowest BCUT2D eigenvalue weighted by Crippen LogP contribution is -2.34. The standard InChI is InChI=1S/C25H31FN2O3/c1-3-5-18-6-9-22(24(16-18)29-2)30-15-4-12-28-13-10-19(11-14-28)25-21-8-7-20(26)17-23(21)31-27-25/h6-9,16-17,19H,3-5,10-15H2,1-2H3. The van der Waals surface area contributed by atoms with Gasteiger partial charge in [-0.3, -0.25) is 0 Å². The summed E-state index contributed by atoms with van der Waals surface area (Å²) in [5.74, 6) is 1.70. The van der Waals surface area contributed by atoms with Gasteiger partial charge in [0, 0.05) is 23.9 Å². The van der Waals surface area contributed by atoms with Crippen LogP contribution in [-0.4, -0.2) is 43.4 Å². The molecule has 2 heterocycles. The summed E-state index contributed by atoms with van der Waals surface area (Å²) < 4.78 is 30.2. The van der Waals surface area contributed by atoms with Gasteiger partial charge in [0.25, 0.3) is 0 Å². The van der Waals surface area contributed by atoms with E-state index in [4.69, 9.17) is 14.0 Å². The molecule has 0 amide bonds. The maximum Gasteiger partial charge on any atom is 0.170 e. The number of ether oxygens (including phenoxy) is 2. The summed E-state index contributed by atoms with van der Waals surface area (Å²) in [6.45, 7) is 5.90. The average molecular weight is 427 g/mol. The second-order valence-corrected chi connectivity index (χ2v) is 8.26. The van der Waals surface area contributed by atoms with Crippen LogP contribution in [0.15, 0.2) is 40.9 Å². The van der Waals surface area contributed by atoms with Gasteiger partial charge < -0.3 is 18.9 Å². The second-order valence-electron chi connectivity index (χ2n) is 8.26. The van der Waals surface area contributed by atoms with Gasteiger partial charge in [0.2, 0.25) is 0 Å². The van der Waals surface area contributed by atoms with Crippen molar-refractivity contribution in [3.8, 4) is 11.5 Å². The van der Waals surface area contributed by atoms with E-state index in [1.807, 2.05) is 6.07 Å². The number of hydrogen-bond acceptors (Lipinski definition) is 5. The molecule has 0 aliphatic carbocycles. The molecular formula is C25H31FN2O3. The largest absolute Gasteiger partial charge is 0.493 e. The van der Waals surface area contributed by atoms with Crippen molar-refractivity contribution in [2.24, 2.45) is 0 Å². The molecule has 3 aromatic rings. The zero-order chi connectivity index (χ0) is 21.6. The van der Waals surface area contributed by atoms with E-state index in [0.717, 1.165) is 74.3 Å². The summed E-state index contributed by atoms with van der Waals surface area (Å²) in [7, 11) is 1.69. The molecule has 4 rings (SSSR count). The minimum atomic E-state index is -0.290. The first-order chi connectivity index (χ1) is 15.2. The fraction of sp³-hybridized carbons (Fsp3) is 0.480. The summed E-state index contributed by atoms with van der Waals surface area (Å²) in [6, 6.07) is 10.9. The van der Waals surface area contributed by atoms with Crippen LogP contribution in [0.25, 0.3) is 11.0 Å². The monoisotopic (exact) mass is 426 g/mol. The number of nitrogens with zero attached hydrogens (tertiary/aromatic N) is 2. The Balaban J connectivity index is 1.23. The first kappa shape index (κ1) is 21.6. The van der Waals surface area contributed by atoms with E-state index >= 15 is 0 Å². The number of halogens is 1. The molecule has 6 heteroatoms. The zero-order valence-electron chi connectivity index (χ0n) is 18.4. The lowest BCUT2D eigenvalue weighted by atomic mass is 9.91. The van der Waals surface area contributed by atoms with Gasteiger partial charge in [0.05, 0.1) is 19.4 Å². The number of fused-ring (bicyclic) bond motifs is 1. The van der Waals surface area contributed by atoms with Crippen molar-refractivity contribution in [3.63, 3.8) is 0 Å². The van der Waals surface area contributed by atoms with Crippen molar-refractivity contribution >= 4 is 11.0 Å². The number of aryl methyl sites for hydroxylation is 1. The molecule has 1 aliphatic rings. The molecule has 5 nitrogen and oxygen atoms in total. The lowest BCUT2D eigenvalue weighted by molar-refractivity contribution is 0.189. The lowest BCUT2D eigenvalue weighted by Gasteiger charge is -2.31. The first-order valence-corrected chi connectivity index (χ1v) is 11.2. The summed E-state index contributed by atoms with van der Waals surface area (Å²) in [6.07, 6.45) is 5.20. The van der Waals surface area contributed by atoms with E-state index in [1.54, 1.807) is 13.2 Å². The highest BCUT2D eigenvalue weighted by Gasteiger charge is 2.25. The van der Waals surface area contributed by atoms with Gasteiger partial charge >= 0.3 is 0 Å². The van der Waals surface area contributed by atoms with Crippen LogP contribution in [0.3, 0.4) is 0 Å². The predicted octanol–water partition coefficient (Wildman–Crippen LogP) is 5.58. The van der Waals surface area contributed by atoms with E-state index in [9.17, 15) is 4.39 Å². The fourth-order valence-electron chi connectivity index (χ4n) is 4.40. The minimum absolute atomic E-state index is 0.290. The maximum atomic E-state index is 13.4.